The van der Waals surface area contributed by atoms with Gasteiger partial charge in [-0.3, -0.25) is 5.43 Å². The van der Waals surface area contributed by atoms with E-state index in [1.165, 1.54) is 0 Å². The first-order chi connectivity index (χ1) is 19.3. The van der Waals surface area contributed by atoms with Crippen molar-refractivity contribution in [3.05, 3.63) is 23.3 Å². The van der Waals surface area contributed by atoms with Crippen LogP contribution in [0.25, 0.3) is 0 Å². The van der Waals surface area contributed by atoms with Gasteiger partial charge in [-0.2, -0.15) is 14.4 Å². The fraction of sp³-hybridized carbons (Fsp3) is 0.556. The van der Waals surface area contributed by atoms with Crippen LogP contribution in [0.1, 0.15) is 25.0 Å². The summed E-state index contributed by atoms with van der Waals surface area (Å²) >= 11 is 0. The van der Waals surface area contributed by atoms with Gasteiger partial charge < -0.3 is 34.1 Å². The number of hydrogen-bond donors (Lipinski definition) is 2. The Labute approximate surface area is 239 Å². The number of rotatable bonds is 10. The van der Waals surface area contributed by atoms with E-state index in [1.54, 1.807) is 21.3 Å². The maximum absolute atomic E-state index is 12.6. The summed E-state index contributed by atoms with van der Waals surface area (Å²) in [5.74, 6) is 3.94. The Morgan fingerprint density at radius 3 is 2.35 bits per heavy atom. The lowest BCUT2D eigenvalue weighted by Crippen LogP contribution is -2.45. The molecular formula is C27H41N7O5S. The number of nitrogens with zero attached hydrogens (tertiary/aromatic N) is 5. The SMILES string of the molecule is CCOC(=O)S1=CC(C)CN1Nc1nc(NCc2cc(OC)c(OC)c(OC)c2)c(C)c(N2CCN(C)CC2)n1. The molecule has 1 aromatic heterocycles. The van der Waals surface area contributed by atoms with Crippen molar-refractivity contribution in [2.45, 2.75) is 27.3 Å². The third kappa shape index (κ3) is 6.70. The van der Waals surface area contributed by atoms with Crippen LogP contribution in [0.2, 0.25) is 0 Å². The standard InChI is InChI=1S/C27H41N7O5S/c1-8-39-27(35)40-17-18(2)16-34(40)31-26-29-24(19(3)25(30-26)33-11-9-32(4)10-12-33)28-15-20-13-21(36-5)23(38-7)22(14-20)37-6/h13-14,17-18H,8-12,15-16H2,1-7H3,(H2,28,29,30,31). The number of benzene rings is 1. The highest BCUT2D eigenvalue weighted by Gasteiger charge is 2.28. The van der Waals surface area contributed by atoms with Gasteiger partial charge in [-0.05, 0) is 49.9 Å². The van der Waals surface area contributed by atoms with E-state index in [-0.39, 0.29) is 11.2 Å². The van der Waals surface area contributed by atoms with E-state index < -0.39 is 10.7 Å². The highest BCUT2D eigenvalue weighted by Crippen LogP contribution is 2.38. The number of carbonyl (C=O) groups is 1. The summed E-state index contributed by atoms with van der Waals surface area (Å²) in [4.78, 5) is 27.0. The molecule has 40 heavy (non-hydrogen) atoms. The zero-order valence-electron chi connectivity index (χ0n) is 24.4. The average Bonchev–Trinajstić information content (AvgIpc) is 3.32. The van der Waals surface area contributed by atoms with Crippen molar-refractivity contribution in [1.82, 2.24) is 19.3 Å². The molecule has 2 aliphatic heterocycles. The Hall–Kier alpha value is -3.29. The summed E-state index contributed by atoms with van der Waals surface area (Å²) in [7, 11) is 6.08. The number of hydrazine groups is 1. The van der Waals surface area contributed by atoms with E-state index in [1.807, 2.05) is 35.8 Å². The first-order valence-corrected chi connectivity index (χ1v) is 14.7. The molecule has 2 unspecified atom stereocenters. The van der Waals surface area contributed by atoms with Gasteiger partial charge >= 0.3 is 5.30 Å². The van der Waals surface area contributed by atoms with Gasteiger partial charge in [-0.15, -0.1) is 0 Å². The minimum absolute atomic E-state index is 0.223. The predicted molar refractivity (Wildman–Crippen MR) is 160 cm³/mol. The van der Waals surface area contributed by atoms with Gasteiger partial charge in [0, 0.05) is 55.5 Å². The van der Waals surface area contributed by atoms with Crippen molar-refractivity contribution in [1.29, 1.82) is 0 Å². The molecular weight excluding hydrogens is 534 g/mol. The molecule has 2 atom stereocenters. The van der Waals surface area contributed by atoms with Crippen molar-refractivity contribution in [3.63, 3.8) is 0 Å². The number of aromatic nitrogens is 2. The number of nitrogens with one attached hydrogen (secondary N) is 2. The molecule has 1 fully saturated rings. The van der Waals surface area contributed by atoms with Crippen LogP contribution in [-0.4, -0.2) is 97.7 Å². The van der Waals surface area contributed by atoms with E-state index >= 15 is 0 Å². The Balaban J connectivity index is 1.64. The van der Waals surface area contributed by atoms with Crippen LogP contribution in [0, 0.1) is 12.8 Å². The maximum Gasteiger partial charge on any atom is 0.376 e. The van der Waals surface area contributed by atoms with Crippen LogP contribution >= 0.6 is 10.7 Å². The second-order valence-corrected chi connectivity index (χ2v) is 11.5. The Morgan fingerprint density at radius 2 is 1.75 bits per heavy atom. The van der Waals surface area contributed by atoms with E-state index in [4.69, 9.17) is 28.9 Å². The third-order valence-corrected chi connectivity index (χ3v) is 8.71. The van der Waals surface area contributed by atoms with Gasteiger partial charge in [0.05, 0.1) is 27.9 Å². The molecule has 13 heteroatoms. The summed E-state index contributed by atoms with van der Waals surface area (Å²) in [5, 5.41) is 5.25. The van der Waals surface area contributed by atoms with Crippen LogP contribution < -0.4 is 29.9 Å². The zero-order valence-corrected chi connectivity index (χ0v) is 25.3. The molecule has 2 aliphatic rings. The minimum atomic E-state index is -0.837. The smallest absolute Gasteiger partial charge is 0.376 e. The molecule has 12 nitrogen and oxygen atoms in total. The number of likely N-dealkylation sites (N-methyl/N-ethyl adjacent to an activating group) is 1. The number of hydrogen-bond acceptors (Lipinski definition) is 12. The molecule has 0 amide bonds. The Kier molecular flexibility index (Phi) is 9.93. The molecule has 1 saturated heterocycles. The predicted octanol–water partition coefficient (Wildman–Crippen LogP) is 3.60. The largest absolute Gasteiger partial charge is 0.493 e. The molecule has 4 rings (SSSR count). The van der Waals surface area contributed by atoms with Crippen LogP contribution in [0.3, 0.4) is 0 Å². The van der Waals surface area contributed by atoms with Gasteiger partial charge in [0.2, 0.25) is 11.7 Å². The van der Waals surface area contributed by atoms with Gasteiger partial charge in [0.25, 0.3) is 0 Å². The summed E-state index contributed by atoms with van der Waals surface area (Å²) in [6.45, 7) is 11.0. The second kappa shape index (κ2) is 13.4. The van der Waals surface area contributed by atoms with Gasteiger partial charge in [0.15, 0.2) is 11.5 Å². The monoisotopic (exact) mass is 575 g/mol. The van der Waals surface area contributed by atoms with Crippen LogP contribution in [0.5, 0.6) is 17.2 Å². The number of anilines is 3. The molecule has 0 bridgehead atoms. The van der Waals surface area contributed by atoms with Gasteiger partial charge in [-0.1, -0.05) is 6.92 Å². The van der Waals surface area contributed by atoms with Crippen LogP contribution in [0.4, 0.5) is 22.4 Å². The lowest BCUT2D eigenvalue weighted by atomic mass is 10.1. The summed E-state index contributed by atoms with van der Waals surface area (Å²) < 4.78 is 23.7. The molecule has 2 aromatic rings. The Morgan fingerprint density at radius 1 is 1.07 bits per heavy atom. The molecule has 0 radical (unpaired) electrons. The van der Waals surface area contributed by atoms with E-state index in [2.05, 4.69) is 34.5 Å². The zero-order chi connectivity index (χ0) is 28.8. The number of ether oxygens (including phenoxy) is 4. The van der Waals surface area contributed by atoms with E-state index in [0.29, 0.717) is 48.7 Å². The summed E-state index contributed by atoms with van der Waals surface area (Å²) in [6, 6.07) is 3.83. The highest BCUT2D eigenvalue weighted by atomic mass is 32.2. The molecule has 2 N–H and O–H groups in total. The normalized spacial score (nSPS) is 19.6. The third-order valence-electron chi connectivity index (χ3n) is 6.82. The van der Waals surface area contributed by atoms with E-state index in [9.17, 15) is 4.79 Å². The minimum Gasteiger partial charge on any atom is -0.493 e. The molecule has 0 spiro atoms. The van der Waals surface area contributed by atoms with Crippen molar-refractivity contribution in [3.8, 4) is 17.2 Å². The molecule has 0 saturated carbocycles. The maximum atomic E-state index is 12.6. The first-order valence-electron chi connectivity index (χ1n) is 13.4. The molecule has 1 aromatic carbocycles. The van der Waals surface area contributed by atoms with Crippen LogP contribution in [0.15, 0.2) is 12.1 Å². The Bertz CT molecular complexity index is 1210. The number of piperazine rings is 1. The van der Waals surface area contributed by atoms with Gasteiger partial charge in [0.1, 0.15) is 11.6 Å². The van der Waals surface area contributed by atoms with Crippen LogP contribution in [-0.2, 0) is 11.3 Å². The number of methoxy groups -OCH3 is 3. The average molecular weight is 576 g/mol. The fourth-order valence-corrected chi connectivity index (χ4v) is 6.46. The molecule has 0 aliphatic carbocycles. The second-order valence-electron chi connectivity index (χ2n) is 9.81. The van der Waals surface area contributed by atoms with Crippen molar-refractivity contribution >= 4 is 38.9 Å². The topological polar surface area (TPSA) is 114 Å². The van der Waals surface area contributed by atoms with E-state index in [0.717, 1.165) is 43.1 Å². The van der Waals surface area contributed by atoms with Crippen molar-refractivity contribution < 1.29 is 23.7 Å². The fourth-order valence-electron chi connectivity index (χ4n) is 4.68. The van der Waals surface area contributed by atoms with Crippen molar-refractivity contribution in [2.75, 3.05) is 83.4 Å². The quantitative estimate of drug-likeness (QED) is 0.319. The lowest BCUT2D eigenvalue weighted by molar-refractivity contribution is 0.180. The molecule has 3 heterocycles. The number of carbonyl (C=O) groups excluding carboxylic acids is 1. The highest BCUT2D eigenvalue weighted by molar-refractivity contribution is 8.25. The lowest BCUT2D eigenvalue weighted by Gasteiger charge is -2.34. The van der Waals surface area contributed by atoms with Crippen molar-refractivity contribution in [2.24, 2.45) is 5.92 Å². The summed E-state index contributed by atoms with van der Waals surface area (Å²) in [6.07, 6.45) is 0. The summed E-state index contributed by atoms with van der Waals surface area (Å²) in [5.41, 5.74) is 5.22. The molecule has 220 valence electrons. The first kappa shape index (κ1) is 29.7. The van der Waals surface area contributed by atoms with Gasteiger partial charge in [-0.25, -0.2) is 4.79 Å².